The number of nitrogens with one attached hydrogen (secondary N) is 2. The van der Waals surface area contributed by atoms with Gasteiger partial charge in [-0.15, -0.1) is 23.1 Å². The molecule has 0 spiro atoms. The Kier molecular flexibility index (Phi) is 7.35. The molecule has 3 rings (SSSR count). The van der Waals surface area contributed by atoms with Gasteiger partial charge in [-0.3, -0.25) is 9.52 Å². The fourth-order valence-electron chi connectivity index (χ4n) is 2.60. The van der Waals surface area contributed by atoms with Gasteiger partial charge in [0.1, 0.15) is 5.75 Å². The van der Waals surface area contributed by atoms with Gasteiger partial charge in [0.15, 0.2) is 5.13 Å². The van der Waals surface area contributed by atoms with Crippen molar-refractivity contribution in [1.29, 1.82) is 0 Å². The van der Waals surface area contributed by atoms with Gasteiger partial charge in [-0.05, 0) is 49.1 Å². The van der Waals surface area contributed by atoms with Crippen molar-refractivity contribution in [2.24, 2.45) is 0 Å². The van der Waals surface area contributed by atoms with Crippen molar-refractivity contribution in [1.82, 2.24) is 4.98 Å². The van der Waals surface area contributed by atoms with E-state index in [1.807, 2.05) is 30.5 Å². The van der Waals surface area contributed by atoms with Crippen LogP contribution in [0.4, 0.5) is 10.8 Å². The largest absolute Gasteiger partial charge is 0.497 e. The summed E-state index contributed by atoms with van der Waals surface area (Å²) in [5.41, 5.74) is 1.43. The van der Waals surface area contributed by atoms with Crippen molar-refractivity contribution in [3.8, 4) is 5.75 Å². The Morgan fingerprint density at radius 3 is 2.60 bits per heavy atom. The number of hydrogen-bond donors (Lipinski definition) is 2. The van der Waals surface area contributed by atoms with E-state index < -0.39 is 10.0 Å². The second kappa shape index (κ2) is 9.96. The van der Waals surface area contributed by atoms with Gasteiger partial charge in [-0.1, -0.05) is 12.1 Å². The average molecular weight is 464 g/mol. The minimum Gasteiger partial charge on any atom is -0.497 e. The molecule has 3 aromatic rings. The van der Waals surface area contributed by atoms with E-state index >= 15 is 0 Å². The van der Waals surface area contributed by atoms with Crippen molar-refractivity contribution < 1.29 is 17.9 Å². The lowest BCUT2D eigenvalue weighted by atomic mass is 10.2. The minimum absolute atomic E-state index is 0.117. The quantitative estimate of drug-likeness (QED) is 0.461. The molecule has 0 bridgehead atoms. The van der Waals surface area contributed by atoms with Crippen molar-refractivity contribution in [3.05, 3.63) is 59.6 Å². The Bertz CT molecular complexity index is 1110. The normalized spacial score (nSPS) is 11.1. The van der Waals surface area contributed by atoms with Crippen LogP contribution in [-0.4, -0.2) is 32.7 Å². The summed E-state index contributed by atoms with van der Waals surface area (Å²) in [5, 5.41) is 4.91. The molecule has 2 N–H and O–H groups in total. The number of thiazole rings is 1. The average Bonchev–Trinajstić information content (AvgIpc) is 3.19. The summed E-state index contributed by atoms with van der Waals surface area (Å²) >= 11 is 2.74. The molecule has 0 atom stereocenters. The molecule has 7 nitrogen and oxygen atoms in total. The highest BCUT2D eigenvalue weighted by atomic mass is 32.2. The van der Waals surface area contributed by atoms with Crippen LogP contribution in [0, 0.1) is 0 Å². The second-order valence-electron chi connectivity index (χ2n) is 6.17. The van der Waals surface area contributed by atoms with Crippen molar-refractivity contribution in [2.45, 2.75) is 22.6 Å². The highest BCUT2D eigenvalue weighted by molar-refractivity contribution is 7.98. The van der Waals surface area contributed by atoms with E-state index in [-0.39, 0.29) is 22.4 Å². The van der Waals surface area contributed by atoms with Gasteiger partial charge in [0.05, 0.1) is 23.4 Å². The van der Waals surface area contributed by atoms with E-state index in [2.05, 4.69) is 15.0 Å². The molecule has 1 aromatic heterocycles. The molecule has 0 aliphatic carbocycles. The maximum Gasteiger partial charge on any atom is 0.263 e. The fraction of sp³-hybridized carbons (Fsp3) is 0.200. The van der Waals surface area contributed by atoms with E-state index in [9.17, 15) is 13.2 Å². The first-order valence-electron chi connectivity index (χ1n) is 8.95. The maximum atomic E-state index is 12.5. The third-order valence-corrected chi connectivity index (χ3v) is 7.22. The van der Waals surface area contributed by atoms with Gasteiger partial charge in [0.25, 0.3) is 10.0 Å². The lowest BCUT2D eigenvalue weighted by Gasteiger charge is -2.08. The Labute approximate surface area is 183 Å². The van der Waals surface area contributed by atoms with Crippen LogP contribution in [0.15, 0.2) is 63.7 Å². The number of carbonyl (C=O) groups is 1. The zero-order valence-electron chi connectivity index (χ0n) is 16.4. The van der Waals surface area contributed by atoms with E-state index in [0.29, 0.717) is 17.9 Å². The predicted octanol–water partition coefficient (Wildman–Crippen LogP) is 4.25. The summed E-state index contributed by atoms with van der Waals surface area (Å²) in [6.07, 6.45) is 2.61. The molecule has 10 heteroatoms. The summed E-state index contributed by atoms with van der Waals surface area (Å²) in [4.78, 5) is 17.7. The SMILES string of the molecule is COc1ccc(S(=O)(=O)Nc2nc(CCC(=O)Nc3ccccc3SC)cs2)cc1. The summed E-state index contributed by atoms with van der Waals surface area (Å²) in [6, 6.07) is 13.7. The number of amides is 1. The number of sulfonamides is 1. The number of anilines is 2. The summed E-state index contributed by atoms with van der Waals surface area (Å²) in [6.45, 7) is 0. The van der Waals surface area contributed by atoms with Crippen LogP contribution >= 0.6 is 23.1 Å². The van der Waals surface area contributed by atoms with Crippen molar-refractivity contribution >= 4 is 49.8 Å². The second-order valence-corrected chi connectivity index (χ2v) is 9.56. The summed E-state index contributed by atoms with van der Waals surface area (Å²) in [5.74, 6) is 0.453. The van der Waals surface area contributed by atoms with Gasteiger partial charge in [-0.25, -0.2) is 13.4 Å². The molecular weight excluding hydrogens is 442 g/mol. The Hall–Kier alpha value is -2.56. The Morgan fingerprint density at radius 1 is 1.17 bits per heavy atom. The molecule has 0 radical (unpaired) electrons. The van der Waals surface area contributed by atoms with Crippen LogP contribution in [0.1, 0.15) is 12.1 Å². The van der Waals surface area contributed by atoms with E-state index in [1.54, 1.807) is 29.3 Å². The third kappa shape index (κ3) is 5.74. The molecule has 0 saturated heterocycles. The molecule has 30 heavy (non-hydrogen) atoms. The minimum atomic E-state index is -3.74. The number of nitrogens with zero attached hydrogens (tertiary/aromatic N) is 1. The molecule has 0 unspecified atom stereocenters. The first-order valence-corrected chi connectivity index (χ1v) is 12.5. The van der Waals surface area contributed by atoms with E-state index in [0.717, 1.165) is 10.6 Å². The number of methoxy groups -OCH3 is 1. The smallest absolute Gasteiger partial charge is 0.263 e. The zero-order valence-corrected chi connectivity index (χ0v) is 18.9. The molecule has 0 saturated carbocycles. The van der Waals surface area contributed by atoms with Gasteiger partial charge < -0.3 is 10.1 Å². The number of hydrogen-bond acceptors (Lipinski definition) is 7. The van der Waals surface area contributed by atoms with Crippen LogP contribution in [0.2, 0.25) is 0 Å². The maximum absolute atomic E-state index is 12.5. The number of ether oxygens (including phenoxy) is 1. The van der Waals surface area contributed by atoms with Gasteiger partial charge in [0.2, 0.25) is 5.91 Å². The molecule has 1 heterocycles. The van der Waals surface area contributed by atoms with Gasteiger partial charge in [0, 0.05) is 16.7 Å². The number of benzene rings is 2. The van der Waals surface area contributed by atoms with Crippen molar-refractivity contribution in [2.75, 3.05) is 23.4 Å². The highest BCUT2D eigenvalue weighted by Crippen LogP contribution is 2.25. The molecule has 1 amide bonds. The lowest BCUT2D eigenvalue weighted by molar-refractivity contribution is -0.116. The zero-order chi connectivity index (χ0) is 21.6. The van der Waals surface area contributed by atoms with E-state index in [1.165, 1.54) is 30.6 Å². The molecule has 0 aliphatic rings. The number of rotatable bonds is 9. The summed E-state index contributed by atoms with van der Waals surface area (Å²) in [7, 11) is -2.23. The number of carbonyl (C=O) groups excluding carboxylic acids is 1. The fourth-order valence-corrected chi connectivity index (χ4v) is 5.15. The first-order chi connectivity index (χ1) is 14.4. The Morgan fingerprint density at radius 2 is 1.90 bits per heavy atom. The third-order valence-electron chi connectivity index (χ3n) is 4.13. The molecule has 0 aliphatic heterocycles. The lowest BCUT2D eigenvalue weighted by Crippen LogP contribution is -2.14. The van der Waals surface area contributed by atoms with Gasteiger partial charge >= 0.3 is 0 Å². The molecule has 158 valence electrons. The van der Waals surface area contributed by atoms with Crippen LogP contribution < -0.4 is 14.8 Å². The highest BCUT2D eigenvalue weighted by Gasteiger charge is 2.16. The van der Waals surface area contributed by atoms with Crippen molar-refractivity contribution in [3.63, 3.8) is 0 Å². The number of aryl methyl sites for hydroxylation is 1. The predicted molar refractivity (Wildman–Crippen MR) is 121 cm³/mol. The van der Waals surface area contributed by atoms with Crippen LogP contribution in [0.25, 0.3) is 0 Å². The van der Waals surface area contributed by atoms with E-state index in [4.69, 9.17) is 4.74 Å². The van der Waals surface area contributed by atoms with Gasteiger partial charge in [-0.2, -0.15) is 0 Å². The number of aromatic nitrogens is 1. The molecule has 0 fully saturated rings. The first kappa shape index (κ1) is 22.1. The standard InChI is InChI=1S/C20H21N3O4S3/c1-27-15-8-10-16(11-9-15)30(25,26)23-20-21-14(13-29-20)7-12-19(24)22-17-5-3-4-6-18(17)28-2/h3-6,8-11,13H,7,12H2,1-2H3,(H,21,23)(H,22,24). The van der Waals surface area contributed by atoms with Crippen LogP contribution in [0.5, 0.6) is 5.75 Å². The van der Waals surface area contributed by atoms with Crippen LogP contribution in [0.3, 0.4) is 0 Å². The molecule has 2 aromatic carbocycles. The number of para-hydroxylation sites is 1. The monoisotopic (exact) mass is 463 g/mol. The summed E-state index contributed by atoms with van der Waals surface area (Å²) < 4.78 is 32.5. The topological polar surface area (TPSA) is 97.4 Å². The van der Waals surface area contributed by atoms with Crippen LogP contribution in [-0.2, 0) is 21.2 Å². The Balaban J connectivity index is 1.57. The number of thioether (sulfide) groups is 1. The molecular formula is C20H21N3O4S3.